The van der Waals surface area contributed by atoms with Gasteiger partial charge in [0.05, 0.1) is 5.69 Å². The van der Waals surface area contributed by atoms with Crippen LogP contribution in [0.25, 0.3) is 0 Å². The van der Waals surface area contributed by atoms with Gasteiger partial charge in [0.1, 0.15) is 12.4 Å². The van der Waals surface area contributed by atoms with Gasteiger partial charge in [-0.25, -0.2) is 0 Å². The molecule has 3 nitrogen and oxygen atoms in total. The van der Waals surface area contributed by atoms with E-state index in [1.54, 1.807) is 0 Å². The summed E-state index contributed by atoms with van der Waals surface area (Å²) in [6.07, 6.45) is 7.22. The van der Waals surface area contributed by atoms with Crippen LogP contribution < -0.4 is 16.2 Å². The summed E-state index contributed by atoms with van der Waals surface area (Å²) < 4.78 is 5.78. The number of benzene rings is 2. The number of rotatable bonds is 9. The van der Waals surface area contributed by atoms with Gasteiger partial charge in [-0.15, -0.1) is 0 Å². The first kappa shape index (κ1) is 21.0. The zero-order valence-corrected chi connectivity index (χ0v) is 15.8. The number of nitrogens with two attached hydrogens (primary N) is 2. The van der Waals surface area contributed by atoms with Crippen molar-refractivity contribution in [3.63, 3.8) is 0 Å². The van der Waals surface area contributed by atoms with Crippen molar-refractivity contribution in [1.29, 1.82) is 0 Å². The Morgan fingerprint density at radius 3 is 2.12 bits per heavy atom. The van der Waals surface area contributed by atoms with Gasteiger partial charge >= 0.3 is 0 Å². The summed E-state index contributed by atoms with van der Waals surface area (Å²) in [7, 11) is 0. The minimum absolute atomic E-state index is 0.556. The number of hydrogen-bond acceptors (Lipinski definition) is 3. The molecule has 0 aliphatic rings. The Labute approximate surface area is 153 Å². The standard InChI is InChI=1S/C18H23NO.C4H11N/c1-2-3-5-8-15-11-12-18(17(19)13-15)20-14-16-9-6-4-7-10-16;1-2-3-4-5/h4,6-7,9-13H,2-3,5,8,14,19H2,1H3;2-5H2,1H3. The maximum Gasteiger partial charge on any atom is 0.142 e. The third-order valence-corrected chi connectivity index (χ3v) is 3.94. The third kappa shape index (κ3) is 9.16. The van der Waals surface area contributed by atoms with Crippen molar-refractivity contribution in [2.24, 2.45) is 5.73 Å². The fourth-order valence-electron chi connectivity index (χ4n) is 2.40. The van der Waals surface area contributed by atoms with E-state index in [1.807, 2.05) is 30.3 Å². The summed E-state index contributed by atoms with van der Waals surface area (Å²) in [6.45, 7) is 5.75. The number of nitrogen functional groups attached to an aromatic ring is 1. The second-order valence-electron chi connectivity index (χ2n) is 6.25. The van der Waals surface area contributed by atoms with Gasteiger partial charge < -0.3 is 16.2 Å². The monoisotopic (exact) mass is 342 g/mol. The summed E-state index contributed by atoms with van der Waals surface area (Å²) in [5.74, 6) is 0.771. The highest BCUT2D eigenvalue weighted by Crippen LogP contribution is 2.24. The van der Waals surface area contributed by atoms with Gasteiger partial charge in [-0.05, 0) is 49.1 Å². The SMILES string of the molecule is CCCCCc1ccc(OCc2ccccc2)c(N)c1.CCCCN. The van der Waals surface area contributed by atoms with Crippen molar-refractivity contribution in [2.45, 2.75) is 59.0 Å². The van der Waals surface area contributed by atoms with Gasteiger partial charge in [-0.3, -0.25) is 0 Å². The molecular weight excluding hydrogens is 308 g/mol. The molecule has 2 aromatic rings. The molecule has 0 fully saturated rings. The van der Waals surface area contributed by atoms with Crippen LogP contribution >= 0.6 is 0 Å². The molecule has 0 bridgehead atoms. The van der Waals surface area contributed by atoms with Gasteiger partial charge in [0.25, 0.3) is 0 Å². The maximum absolute atomic E-state index is 6.06. The molecule has 0 atom stereocenters. The van der Waals surface area contributed by atoms with E-state index in [0.29, 0.717) is 6.61 Å². The highest BCUT2D eigenvalue weighted by Gasteiger charge is 2.03. The van der Waals surface area contributed by atoms with E-state index in [1.165, 1.54) is 37.7 Å². The van der Waals surface area contributed by atoms with Crippen molar-refractivity contribution >= 4 is 5.69 Å². The van der Waals surface area contributed by atoms with Gasteiger partial charge in [-0.1, -0.05) is 69.5 Å². The Kier molecular flexibility index (Phi) is 11.2. The van der Waals surface area contributed by atoms with Crippen molar-refractivity contribution in [3.8, 4) is 5.75 Å². The lowest BCUT2D eigenvalue weighted by molar-refractivity contribution is 0.308. The Morgan fingerprint density at radius 1 is 0.840 bits per heavy atom. The lowest BCUT2D eigenvalue weighted by Gasteiger charge is -2.10. The summed E-state index contributed by atoms with van der Waals surface area (Å²) in [6, 6.07) is 16.3. The minimum atomic E-state index is 0.556. The summed E-state index contributed by atoms with van der Waals surface area (Å²) >= 11 is 0. The van der Waals surface area contributed by atoms with E-state index in [2.05, 4.69) is 32.0 Å². The van der Waals surface area contributed by atoms with Crippen LogP contribution in [0.4, 0.5) is 5.69 Å². The molecule has 25 heavy (non-hydrogen) atoms. The molecule has 0 radical (unpaired) electrons. The number of anilines is 1. The van der Waals surface area contributed by atoms with Crippen LogP contribution in [-0.4, -0.2) is 6.54 Å². The molecule has 0 unspecified atom stereocenters. The van der Waals surface area contributed by atoms with Crippen molar-refractivity contribution in [2.75, 3.05) is 12.3 Å². The summed E-state index contributed by atoms with van der Waals surface area (Å²) in [4.78, 5) is 0. The van der Waals surface area contributed by atoms with Crippen LogP contribution in [0.15, 0.2) is 48.5 Å². The molecule has 4 N–H and O–H groups in total. The molecular formula is C22H34N2O. The topological polar surface area (TPSA) is 61.3 Å². The van der Waals surface area contributed by atoms with Crippen LogP contribution in [0, 0.1) is 0 Å². The van der Waals surface area contributed by atoms with Crippen LogP contribution in [-0.2, 0) is 13.0 Å². The van der Waals surface area contributed by atoms with E-state index >= 15 is 0 Å². The first-order valence-corrected chi connectivity index (χ1v) is 9.46. The average Bonchev–Trinajstić information content (AvgIpc) is 2.63. The molecule has 0 saturated carbocycles. The van der Waals surface area contributed by atoms with Gasteiger partial charge in [0.15, 0.2) is 0 Å². The van der Waals surface area contributed by atoms with Crippen LogP contribution in [0.2, 0.25) is 0 Å². The van der Waals surface area contributed by atoms with E-state index in [0.717, 1.165) is 30.0 Å². The normalized spacial score (nSPS) is 10.0. The zero-order chi connectivity index (χ0) is 18.3. The molecule has 0 saturated heterocycles. The molecule has 0 aliphatic heterocycles. The second kappa shape index (κ2) is 13.3. The van der Waals surface area contributed by atoms with E-state index in [4.69, 9.17) is 16.2 Å². The highest BCUT2D eigenvalue weighted by atomic mass is 16.5. The molecule has 0 aromatic heterocycles. The highest BCUT2D eigenvalue weighted by molar-refractivity contribution is 5.54. The number of hydrogen-bond donors (Lipinski definition) is 2. The number of unbranched alkanes of at least 4 members (excludes halogenated alkanes) is 3. The van der Waals surface area contributed by atoms with Gasteiger partial charge in [-0.2, -0.15) is 0 Å². The first-order chi connectivity index (χ1) is 12.2. The Morgan fingerprint density at radius 2 is 1.56 bits per heavy atom. The number of ether oxygens (including phenoxy) is 1. The molecule has 3 heteroatoms. The largest absolute Gasteiger partial charge is 0.487 e. The minimum Gasteiger partial charge on any atom is -0.487 e. The quantitative estimate of drug-likeness (QED) is 0.478. The van der Waals surface area contributed by atoms with Crippen LogP contribution in [0.3, 0.4) is 0 Å². The zero-order valence-electron chi connectivity index (χ0n) is 15.8. The molecule has 2 aromatic carbocycles. The second-order valence-corrected chi connectivity index (χ2v) is 6.25. The third-order valence-electron chi connectivity index (χ3n) is 3.94. The van der Waals surface area contributed by atoms with Crippen LogP contribution in [0.1, 0.15) is 57.1 Å². The Balaban J connectivity index is 0.000000550. The Bertz CT molecular complexity index is 567. The van der Waals surface area contributed by atoms with Crippen molar-refractivity contribution < 1.29 is 4.74 Å². The van der Waals surface area contributed by atoms with Gasteiger partial charge in [0.2, 0.25) is 0 Å². The molecule has 0 aliphatic carbocycles. The molecule has 2 rings (SSSR count). The lowest BCUT2D eigenvalue weighted by atomic mass is 10.1. The fraction of sp³-hybridized carbons (Fsp3) is 0.455. The van der Waals surface area contributed by atoms with Gasteiger partial charge in [0, 0.05) is 0 Å². The first-order valence-electron chi connectivity index (χ1n) is 9.46. The maximum atomic E-state index is 6.06. The van der Waals surface area contributed by atoms with E-state index < -0.39 is 0 Å². The Hall–Kier alpha value is -2.00. The molecule has 138 valence electrons. The summed E-state index contributed by atoms with van der Waals surface area (Å²) in [5, 5.41) is 0. The van der Waals surface area contributed by atoms with Crippen LogP contribution in [0.5, 0.6) is 5.75 Å². The summed E-state index contributed by atoms with van der Waals surface area (Å²) in [5.41, 5.74) is 14.4. The predicted octanol–water partition coefficient (Wildman–Crippen LogP) is 5.33. The predicted molar refractivity (Wildman–Crippen MR) is 109 cm³/mol. The van der Waals surface area contributed by atoms with Crippen molar-refractivity contribution in [3.05, 3.63) is 59.7 Å². The molecule has 0 heterocycles. The van der Waals surface area contributed by atoms with E-state index in [9.17, 15) is 0 Å². The lowest BCUT2D eigenvalue weighted by Crippen LogP contribution is -1.99. The molecule has 0 spiro atoms. The number of aryl methyl sites for hydroxylation is 1. The van der Waals surface area contributed by atoms with E-state index in [-0.39, 0.29) is 0 Å². The van der Waals surface area contributed by atoms with Crippen molar-refractivity contribution in [1.82, 2.24) is 0 Å². The smallest absolute Gasteiger partial charge is 0.142 e. The average molecular weight is 343 g/mol. The molecule has 0 amide bonds. The fourth-order valence-corrected chi connectivity index (χ4v) is 2.40.